The van der Waals surface area contributed by atoms with E-state index in [1.54, 1.807) is 23.5 Å². The molecule has 3 rings (SSSR count). The predicted molar refractivity (Wildman–Crippen MR) is 123 cm³/mol. The molecule has 1 aromatic heterocycles. The maximum absolute atomic E-state index is 11.8. The molecule has 0 bridgehead atoms. The summed E-state index contributed by atoms with van der Waals surface area (Å²) in [6, 6.07) is 10.8. The van der Waals surface area contributed by atoms with Crippen molar-refractivity contribution in [3.63, 3.8) is 0 Å². The normalized spacial score (nSPS) is 15.2. The molecule has 31 heavy (non-hydrogen) atoms. The number of nitrogens with zero attached hydrogens (tertiary/aromatic N) is 3. The second-order valence-corrected chi connectivity index (χ2v) is 8.45. The van der Waals surface area contributed by atoms with E-state index >= 15 is 0 Å². The molecule has 1 amide bonds. The standard InChI is InChI=1S/C22H29N5O3S/c1-2-19(20-6-4-15-31-20)25-22(23-12-5-14-26-13-3-7-21(26)28)24-16-17-8-10-18(11-9-17)27(29)30/h4,6,8-11,15,19H,2-3,5,7,12-14,16H2,1H3,(H2,23,24,25). The van der Waals surface area contributed by atoms with E-state index in [0.717, 1.165) is 37.9 Å². The zero-order valence-electron chi connectivity index (χ0n) is 17.8. The number of hydrogen-bond donors (Lipinski definition) is 2. The number of non-ortho nitro benzene ring substituents is 1. The van der Waals surface area contributed by atoms with Crippen LogP contribution >= 0.6 is 11.3 Å². The zero-order valence-corrected chi connectivity index (χ0v) is 18.6. The Morgan fingerprint density at radius 2 is 2.13 bits per heavy atom. The first-order valence-electron chi connectivity index (χ1n) is 10.7. The van der Waals surface area contributed by atoms with Crippen molar-refractivity contribution >= 4 is 28.9 Å². The van der Waals surface area contributed by atoms with Crippen molar-refractivity contribution in [2.24, 2.45) is 4.99 Å². The second-order valence-electron chi connectivity index (χ2n) is 7.47. The Labute approximate surface area is 186 Å². The summed E-state index contributed by atoms with van der Waals surface area (Å²) >= 11 is 1.71. The average Bonchev–Trinajstić information content (AvgIpc) is 3.45. The van der Waals surface area contributed by atoms with E-state index in [-0.39, 0.29) is 17.6 Å². The third-order valence-corrected chi connectivity index (χ3v) is 6.23. The molecule has 0 saturated carbocycles. The first-order chi connectivity index (χ1) is 15.1. The van der Waals surface area contributed by atoms with E-state index in [0.29, 0.717) is 25.5 Å². The Morgan fingerprint density at radius 3 is 2.74 bits per heavy atom. The highest BCUT2D eigenvalue weighted by Crippen LogP contribution is 2.21. The summed E-state index contributed by atoms with van der Waals surface area (Å²) < 4.78 is 0. The van der Waals surface area contributed by atoms with Crippen molar-refractivity contribution in [2.75, 3.05) is 19.6 Å². The third kappa shape index (κ3) is 6.78. The number of benzene rings is 1. The van der Waals surface area contributed by atoms with Crippen molar-refractivity contribution in [1.29, 1.82) is 0 Å². The lowest BCUT2D eigenvalue weighted by Gasteiger charge is -2.21. The lowest BCUT2D eigenvalue weighted by molar-refractivity contribution is -0.384. The highest BCUT2D eigenvalue weighted by molar-refractivity contribution is 7.10. The van der Waals surface area contributed by atoms with E-state index in [2.05, 4.69) is 29.0 Å². The van der Waals surface area contributed by atoms with Crippen LogP contribution in [0.2, 0.25) is 0 Å². The van der Waals surface area contributed by atoms with Crippen LogP contribution in [0.25, 0.3) is 0 Å². The molecule has 1 fully saturated rings. The molecule has 0 spiro atoms. The average molecular weight is 444 g/mol. The highest BCUT2D eigenvalue weighted by atomic mass is 32.1. The van der Waals surface area contributed by atoms with E-state index < -0.39 is 4.92 Å². The number of amides is 1. The first kappa shape index (κ1) is 22.7. The van der Waals surface area contributed by atoms with Crippen molar-refractivity contribution in [2.45, 2.75) is 45.2 Å². The Hall–Kier alpha value is -2.94. The third-order valence-electron chi connectivity index (χ3n) is 5.24. The number of aliphatic imine (C=N–C) groups is 1. The minimum Gasteiger partial charge on any atom is -0.356 e. The fourth-order valence-corrected chi connectivity index (χ4v) is 4.35. The summed E-state index contributed by atoms with van der Waals surface area (Å²) in [6.07, 6.45) is 3.38. The van der Waals surface area contributed by atoms with Gasteiger partial charge < -0.3 is 15.5 Å². The van der Waals surface area contributed by atoms with Gasteiger partial charge in [0.15, 0.2) is 5.96 Å². The van der Waals surface area contributed by atoms with Gasteiger partial charge in [0.2, 0.25) is 5.91 Å². The van der Waals surface area contributed by atoms with Gasteiger partial charge in [0.05, 0.1) is 17.5 Å². The molecule has 2 aromatic rings. The van der Waals surface area contributed by atoms with Crippen LogP contribution in [0.1, 0.15) is 49.1 Å². The monoisotopic (exact) mass is 443 g/mol. The molecule has 0 radical (unpaired) electrons. The summed E-state index contributed by atoms with van der Waals surface area (Å²) in [5.74, 6) is 0.945. The number of nitrogens with one attached hydrogen (secondary N) is 2. The largest absolute Gasteiger partial charge is 0.356 e. The Balaban J connectivity index is 1.61. The maximum Gasteiger partial charge on any atom is 0.269 e. The van der Waals surface area contributed by atoms with Crippen LogP contribution in [0, 0.1) is 10.1 Å². The van der Waals surface area contributed by atoms with Gasteiger partial charge in [-0.25, -0.2) is 4.99 Å². The number of carbonyl (C=O) groups excluding carboxylic acids is 1. The highest BCUT2D eigenvalue weighted by Gasteiger charge is 2.19. The number of rotatable bonds is 10. The van der Waals surface area contributed by atoms with Gasteiger partial charge in [-0.3, -0.25) is 14.9 Å². The molecule has 1 aliphatic heterocycles. The summed E-state index contributed by atoms with van der Waals surface area (Å²) in [4.78, 5) is 30.1. The van der Waals surface area contributed by atoms with Crippen LogP contribution in [-0.2, 0) is 11.3 Å². The molecule has 2 heterocycles. The van der Waals surface area contributed by atoms with Crippen molar-refractivity contribution in [3.8, 4) is 0 Å². The minimum absolute atomic E-state index is 0.0735. The molecule has 9 heteroatoms. The smallest absolute Gasteiger partial charge is 0.269 e. The van der Waals surface area contributed by atoms with Gasteiger partial charge in [0.1, 0.15) is 0 Å². The van der Waals surface area contributed by atoms with Gasteiger partial charge >= 0.3 is 0 Å². The molecule has 1 aliphatic rings. The molecule has 8 nitrogen and oxygen atoms in total. The molecule has 1 unspecified atom stereocenters. The molecule has 166 valence electrons. The molecule has 1 aromatic carbocycles. The topological polar surface area (TPSA) is 99.9 Å². The lowest BCUT2D eigenvalue weighted by atomic mass is 10.2. The van der Waals surface area contributed by atoms with Crippen LogP contribution in [0.3, 0.4) is 0 Å². The van der Waals surface area contributed by atoms with Gasteiger partial charge in [-0.15, -0.1) is 11.3 Å². The number of hydrogen-bond acceptors (Lipinski definition) is 5. The Kier molecular flexibility index (Phi) is 8.40. The number of carbonyl (C=O) groups is 1. The fraction of sp³-hybridized carbons (Fsp3) is 0.455. The molecular weight excluding hydrogens is 414 g/mol. The van der Waals surface area contributed by atoms with Crippen molar-refractivity contribution in [1.82, 2.24) is 15.5 Å². The number of nitro benzene ring substituents is 1. The van der Waals surface area contributed by atoms with Crippen molar-refractivity contribution < 1.29 is 9.72 Å². The SMILES string of the molecule is CCC(NC(=NCc1ccc([N+](=O)[O-])cc1)NCCCN1CCCC1=O)c1cccs1. The summed E-state index contributed by atoms with van der Waals surface area (Å²) in [5, 5.41) is 19.8. The molecule has 1 atom stereocenters. The predicted octanol–water partition coefficient (Wildman–Crippen LogP) is 3.86. The number of nitro groups is 1. The summed E-state index contributed by atoms with van der Waals surface area (Å²) in [6.45, 7) is 4.86. The van der Waals surface area contributed by atoms with E-state index in [1.165, 1.54) is 17.0 Å². The lowest BCUT2D eigenvalue weighted by Crippen LogP contribution is -2.40. The number of likely N-dealkylation sites (tertiary alicyclic amines) is 1. The quantitative estimate of drug-likeness (QED) is 0.191. The van der Waals surface area contributed by atoms with Crippen LogP contribution in [-0.4, -0.2) is 41.3 Å². The Bertz CT molecular complexity index is 883. The van der Waals surface area contributed by atoms with Gasteiger partial charge in [-0.1, -0.05) is 25.1 Å². The molecule has 1 saturated heterocycles. The van der Waals surface area contributed by atoms with E-state index in [4.69, 9.17) is 4.99 Å². The number of guanidine groups is 1. The molecule has 2 N–H and O–H groups in total. The summed E-state index contributed by atoms with van der Waals surface area (Å²) in [5.41, 5.74) is 0.975. The van der Waals surface area contributed by atoms with Crippen LogP contribution < -0.4 is 10.6 Å². The van der Waals surface area contributed by atoms with Gasteiger partial charge in [-0.05, 0) is 36.3 Å². The summed E-state index contributed by atoms with van der Waals surface area (Å²) in [7, 11) is 0. The second kappa shape index (κ2) is 11.5. The fourth-order valence-electron chi connectivity index (χ4n) is 3.49. The molecule has 0 aliphatic carbocycles. The minimum atomic E-state index is -0.403. The van der Waals surface area contributed by atoms with Crippen LogP contribution in [0.5, 0.6) is 0 Å². The molecular formula is C22H29N5O3S. The van der Waals surface area contributed by atoms with Crippen LogP contribution in [0.4, 0.5) is 5.69 Å². The zero-order chi connectivity index (χ0) is 22.1. The number of thiophene rings is 1. The van der Waals surface area contributed by atoms with Gasteiger partial charge in [0, 0.05) is 43.1 Å². The Morgan fingerprint density at radius 1 is 1.32 bits per heavy atom. The maximum atomic E-state index is 11.8. The van der Waals surface area contributed by atoms with Crippen molar-refractivity contribution in [3.05, 3.63) is 62.3 Å². The van der Waals surface area contributed by atoms with Gasteiger partial charge in [-0.2, -0.15) is 0 Å². The van der Waals surface area contributed by atoms with Gasteiger partial charge in [0.25, 0.3) is 5.69 Å². The van der Waals surface area contributed by atoms with E-state index in [9.17, 15) is 14.9 Å². The first-order valence-corrected chi connectivity index (χ1v) is 11.5. The van der Waals surface area contributed by atoms with E-state index in [1.807, 2.05) is 11.0 Å². The van der Waals surface area contributed by atoms with Crippen LogP contribution in [0.15, 0.2) is 46.8 Å².